The molecule has 0 atom stereocenters. The third-order valence-electron chi connectivity index (χ3n) is 7.19. The lowest BCUT2D eigenvalue weighted by Crippen LogP contribution is -2.13. The van der Waals surface area contributed by atoms with Gasteiger partial charge in [0.2, 0.25) is 0 Å². The predicted molar refractivity (Wildman–Crippen MR) is 133 cm³/mol. The molecule has 0 aromatic heterocycles. The van der Waals surface area contributed by atoms with Gasteiger partial charge in [-0.2, -0.15) is 0 Å². The molecule has 33 heavy (non-hydrogen) atoms. The summed E-state index contributed by atoms with van der Waals surface area (Å²) < 4.78 is 14.6. The summed E-state index contributed by atoms with van der Waals surface area (Å²) in [7, 11) is 0. The third-order valence-corrected chi connectivity index (χ3v) is 7.19. The average Bonchev–Trinajstić information content (AvgIpc) is 2.85. The van der Waals surface area contributed by atoms with Crippen molar-refractivity contribution in [3.05, 3.63) is 83.7 Å². The summed E-state index contributed by atoms with van der Waals surface area (Å²) in [5, 5.41) is 9.50. The van der Waals surface area contributed by atoms with Crippen molar-refractivity contribution in [1.82, 2.24) is 0 Å². The highest BCUT2D eigenvalue weighted by atomic mass is 19.1. The van der Waals surface area contributed by atoms with Crippen molar-refractivity contribution in [2.24, 2.45) is 5.92 Å². The number of hydrogen-bond acceptors (Lipinski definition) is 1. The molecule has 1 fully saturated rings. The van der Waals surface area contributed by atoms with E-state index in [9.17, 15) is 14.3 Å². The number of carboxylic acid groups (broad SMARTS) is 1. The fourth-order valence-electron chi connectivity index (χ4n) is 5.23. The number of carbonyl (C=O) groups is 1. The quantitative estimate of drug-likeness (QED) is 0.353. The first-order valence-corrected chi connectivity index (χ1v) is 12.3. The highest BCUT2D eigenvalue weighted by molar-refractivity contribution is 5.93. The first-order valence-electron chi connectivity index (χ1n) is 12.3. The number of unbranched alkanes of at least 4 members (excludes halogenated alkanes) is 2. The lowest BCUT2D eigenvalue weighted by Gasteiger charge is -2.29. The van der Waals surface area contributed by atoms with Crippen molar-refractivity contribution in [3.8, 4) is 22.3 Å². The summed E-state index contributed by atoms with van der Waals surface area (Å²) in [5.74, 6) is 0.185. The minimum absolute atomic E-state index is 0.204. The van der Waals surface area contributed by atoms with E-state index in [1.54, 1.807) is 36.4 Å². The zero-order valence-electron chi connectivity index (χ0n) is 19.4. The molecule has 1 aliphatic carbocycles. The summed E-state index contributed by atoms with van der Waals surface area (Å²) in [6, 6.07) is 20.0. The van der Waals surface area contributed by atoms with Crippen LogP contribution >= 0.6 is 0 Å². The molecule has 3 aromatic carbocycles. The summed E-state index contributed by atoms with van der Waals surface area (Å²) in [6.45, 7) is 2.26. The number of halogens is 1. The lowest BCUT2D eigenvalue weighted by atomic mass is 9.77. The van der Waals surface area contributed by atoms with E-state index in [0.29, 0.717) is 17.0 Å². The average molecular weight is 445 g/mol. The highest BCUT2D eigenvalue weighted by Crippen LogP contribution is 2.39. The molecule has 0 saturated heterocycles. The van der Waals surface area contributed by atoms with Gasteiger partial charge in [-0.15, -0.1) is 0 Å². The van der Waals surface area contributed by atoms with Crippen molar-refractivity contribution in [1.29, 1.82) is 0 Å². The van der Waals surface area contributed by atoms with Crippen LogP contribution in [0.15, 0.2) is 66.7 Å². The van der Waals surface area contributed by atoms with Crippen molar-refractivity contribution in [2.75, 3.05) is 0 Å². The van der Waals surface area contributed by atoms with Gasteiger partial charge in [-0.1, -0.05) is 81.1 Å². The van der Waals surface area contributed by atoms with Crippen molar-refractivity contribution in [2.45, 2.75) is 64.2 Å². The Morgan fingerprint density at radius 2 is 1.61 bits per heavy atom. The minimum atomic E-state index is -0.983. The molecule has 2 nitrogen and oxygen atoms in total. The van der Waals surface area contributed by atoms with Gasteiger partial charge in [-0.05, 0) is 78.0 Å². The number of hydrogen-bond donors (Lipinski definition) is 1. The van der Waals surface area contributed by atoms with Gasteiger partial charge in [-0.25, -0.2) is 9.18 Å². The number of carboxylic acids is 1. The summed E-state index contributed by atoms with van der Waals surface area (Å²) in [5.41, 5.74) is 4.40. The molecule has 1 saturated carbocycles. The molecule has 172 valence electrons. The Kier molecular flexibility index (Phi) is 7.59. The van der Waals surface area contributed by atoms with Gasteiger partial charge >= 0.3 is 5.97 Å². The van der Waals surface area contributed by atoms with Gasteiger partial charge in [0, 0.05) is 5.56 Å². The Bertz CT molecular complexity index is 1080. The van der Waals surface area contributed by atoms with Gasteiger partial charge in [0.15, 0.2) is 0 Å². The van der Waals surface area contributed by atoms with Gasteiger partial charge in [0.05, 0.1) is 5.56 Å². The molecular weight excluding hydrogens is 411 g/mol. The highest BCUT2D eigenvalue weighted by Gasteiger charge is 2.22. The van der Waals surface area contributed by atoms with Crippen LogP contribution in [0.3, 0.4) is 0 Å². The van der Waals surface area contributed by atoms with Crippen molar-refractivity contribution < 1.29 is 14.3 Å². The first kappa shape index (κ1) is 23.2. The first-order chi connectivity index (χ1) is 16.1. The fourth-order valence-corrected chi connectivity index (χ4v) is 5.23. The molecule has 1 N–H and O–H groups in total. The van der Waals surface area contributed by atoms with Crippen molar-refractivity contribution >= 4 is 5.97 Å². The summed E-state index contributed by atoms with van der Waals surface area (Å²) >= 11 is 0. The van der Waals surface area contributed by atoms with E-state index in [4.69, 9.17) is 0 Å². The Morgan fingerprint density at radius 1 is 0.879 bits per heavy atom. The predicted octanol–water partition coefficient (Wildman–Crippen LogP) is 8.71. The van der Waals surface area contributed by atoms with Crippen LogP contribution in [0.5, 0.6) is 0 Å². The van der Waals surface area contributed by atoms with Gasteiger partial charge < -0.3 is 5.11 Å². The van der Waals surface area contributed by atoms with Crippen LogP contribution in [0.4, 0.5) is 4.39 Å². The molecular formula is C30H33FO2. The zero-order valence-corrected chi connectivity index (χ0v) is 19.4. The molecule has 0 unspecified atom stereocenters. The molecule has 0 amide bonds. The SMILES string of the molecule is CCCCC[C@H]1CC[C@H](c2ccc(-c3cc(C(=O)O)ccc3-c3ccccc3F)cc2)CC1. The maximum Gasteiger partial charge on any atom is 0.335 e. The van der Waals surface area contributed by atoms with Crippen LogP contribution in [-0.2, 0) is 0 Å². The molecule has 1 aliphatic rings. The lowest BCUT2D eigenvalue weighted by molar-refractivity contribution is 0.0697. The van der Waals surface area contributed by atoms with Crippen LogP contribution in [-0.4, -0.2) is 11.1 Å². The normalized spacial score (nSPS) is 18.2. The molecule has 0 bridgehead atoms. The molecule has 3 aromatic rings. The molecule has 4 rings (SSSR count). The minimum Gasteiger partial charge on any atom is -0.478 e. The monoisotopic (exact) mass is 444 g/mol. The van der Waals surface area contributed by atoms with Crippen LogP contribution in [0.25, 0.3) is 22.3 Å². The van der Waals surface area contributed by atoms with Crippen molar-refractivity contribution in [3.63, 3.8) is 0 Å². The topological polar surface area (TPSA) is 37.3 Å². The summed E-state index contributed by atoms with van der Waals surface area (Å²) in [4.78, 5) is 11.6. The Hall–Kier alpha value is -2.94. The van der Waals surface area contributed by atoms with Crippen LogP contribution < -0.4 is 0 Å². The van der Waals surface area contributed by atoms with Gasteiger partial charge in [0.25, 0.3) is 0 Å². The van der Waals surface area contributed by atoms with E-state index >= 15 is 0 Å². The van der Waals surface area contributed by atoms with Gasteiger partial charge in [0.1, 0.15) is 5.82 Å². The Balaban J connectivity index is 1.56. The smallest absolute Gasteiger partial charge is 0.335 e. The number of benzene rings is 3. The maximum atomic E-state index is 14.6. The molecule has 3 heteroatoms. The molecule has 0 heterocycles. The van der Waals surface area contributed by atoms with E-state index in [-0.39, 0.29) is 11.4 Å². The summed E-state index contributed by atoms with van der Waals surface area (Å²) in [6.07, 6.45) is 10.5. The number of aromatic carboxylic acids is 1. The van der Waals surface area contributed by atoms with E-state index in [0.717, 1.165) is 17.0 Å². The molecule has 0 spiro atoms. The standard InChI is InChI=1S/C30H33FO2/c1-2-3-4-7-21-10-12-22(13-11-21)23-14-16-24(17-15-23)28-20-25(30(32)33)18-19-26(28)27-8-5-6-9-29(27)31/h5-6,8-9,14-22H,2-4,7,10-13H2,1H3,(H,32,33)/t21-,22-. The van der Waals surface area contributed by atoms with Gasteiger partial charge in [-0.3, -0.25) is 0 Å². The third kappa shape index (κ3) is 5.52. The molecule has 0 aliphatic heterocycles. The van der Waals surface area contributed by atoms with E-state index in [1.807, 2.05) is 0 Å². The van der Waals surface area contributed by atoms with E-state index < -0.39 is 5.97 Å². The second kappa shape index (κ2) is 10.8. The Morgan fingerprint density at radius 3 is 2.27 bits per heavy atom. The second-order valence-electron chi connectivity index (χ2n) is 9.38. The Labute approximate surface area is 196 Å². The fraction of sp³-hybridized carbons (Fsp3) is 0.367. The van der Waals surface area contributed by atoms with E-state index in [1.165, 1.54) is 63.0 Å². The largest absolute Gasteiger partial charge is 0.478 e. The zero-order chi connectivity index (χ0) is 23.2. The van der Waals surface area contributed by atoms with Crippen LogP contribution in [0.2, 0.25) is 0 Å². The maximum absolute atomic E-state index is 14.6. The number of rotatable bonds is 8. The van der Waals surface area contributed by atoms with Crippen LogP contribution in [0, 0.1) is 11.7 Å². The second-order valence-corrected chi connectivity index (χ2v) is 9.38. The van der Waals surface area contributed by atoms with E-state index in [2.05, 4.69) is 31.2 Å². The van der Waals surface area contributed by atoms with Crippen LogP contribution in [0.1, 0.15) is 80.1 Å². The molecule has 0 radical (unpaired) electrons.